The molecule has 0 aromatic heterocycles. The number of hydrogen-bond donors (Lipinski definition) is 2. The fourth-order valence-electron chi connectivity index (χ4n) is 2.71. The molecule has 2 N–H and O–H groups in total. The predicted molar refractivity (Wildman–Crippen MR) is 87.6 cm³/mol. The number of methoxy groups -OCH3 is 1. The van der Waals surface area contributed by atoms with Crippen LogP contribution in [0.5, 0.6) is 5.75 Å². The number of benzene rings is 1. The van der Waals surface area contributed by atoms with E-state index in [0.29, 0.717) is 12.3 Å². The van der Waals surface area contributed by atoms with Gasteiger partial charge in [0.25, 0.3) is 0 Å². The number of hydrogen-bond acceptors (Lipinski definition) is 4. The summed E-state index contributed by atoms with van der Waals surface area (Å²) in [5, 5.41) is 5.43. The Morgan fingerprint density at radius 1 is 1.25 bits per heavy atom. The minimum atomic E-state index is -0.437. The summed E-state index contributed by atoms with van der Waals surface area (Å²) in [6, 6.07) is 7.41. The molecule has 1 saturated heterocycles. The summed E-state index contributed by atoms with van der Waals surface area (Å²) >= 11 is 0. The predicted octanol–water partition coefficient (Wildman–Crippen LogP) is 0.443. The highest BCUT2D eigenvalue weighted by Gasteiger charge is 2.35. The van der Waals surface area contributed by atoms with E-state index in [0.717, 1.165) is 18.5 Å². The lowest BCUT2D eigenvalue weighted by atomic mass is 10.1. The van der Waals surface area contributed by atoms with Crippen LogP contribution in [0.15, 0.2) is 24.3 Å². The maximum atomic E-state index is 12.2. The highest BCUT2D eigenvalue weighted by Crippen LogP contribution is 2.26. The lowest BCUT2D eigenvalue weighted by molar-refractivity contribution is -0.129. The second-order valence-electron chi connectivity index (χ2n) is 6.16. The first-order valence-corrected chi connectivity index (χ1v) is 8.08. The van der Waals surface area contributed by atoms with E-state index in [2.05, 4.69) is 10.6 Å². The highest BCUT2D eigenvalue weighted by atomic mass is 16.5. The third-order valence-corrected chi connectivity index (χ3v) is 4.25. The molecule has 1 saturated carbocycles. The van der Waals surface area contributed by atoms with Crippen LogP contribution in [0, 0.1) is 5.92 Å². The van der Waals surface area contributed by atoms with E-state index in [1.165, 1.54) is 0 Å². The van der Waals surface area contributed by atoms with Crippen molar-refractivity contribution < 1.29 is 19.1 Å². The van der Waals surface area contributed by atoms with Gasteiger partial charge in [-0.15, -0.1) is 0 Å². The molecule has 1 aliphatic carbocycles. The largest absolute Gasteiger partial charge is 0.497 e. The van der Waals surface area contributed by atoms with Crippen molar-refractivity contribution in [2.75, 3.05) is 25.1 Å². The number of anilines is 1. The van der Waals surface area contributed by atoms with E-state index in [9.17, 15) is 14.4 Å². The monoisotopic (exact) mass is 331 g/mol. The average molecular weight is 331 g/mol. The maximum absolute atomic E-state index is 12.2. The lowest BCUT2D eigenvalue weighted by Gasteiger charge is -2.17. The topological polar surface area (TPSA) is 87.7 Å². The van der Waals surface area contributed by atoms with Gasteiger partial charge in [-0.05, 0) is 37.1 Å². The third kappa shape index (κ3) is 3.84. The summed E-state index contributed by atoms with van der Waals surface area (Å²) in [4.78, 5) is 37.6. The van der Waals surface area contributed by atoms with Crippen molar-refractivity contribution in [1.82, 2.24) is 10.6 Å². The molecule has 0 unspecified atom stereocenters. The molecule has 2 fully saturated rings. The van der Waals surface area contributed by atoms with Gasteiger partial charge in [0.15, 0.2) is 0 Å². The van der Waals surface area contributed by atoms with Gasteiger partial charge in [-0.3, -0.25) is 14.4 Å². The molecule has 1 aromatic carbocycles. The molecular formula is C17H21N3O4. The van der Waals surface area contributed by atoms with Crippen LogP contribution in [-0.2, 0) is 14.4 Å². The Morgan fingerprint density at radius 2 is 1.96 bits per heavy atom. The third-order valence-electron chi connectivity index (χ3n) is 4.25. The van der Waals surface area contributed by atoms with Crippen molar-refractivity contribution >= 4 is 23.4 Å². The van der Waals surface area contributed by atoms with Crippen LogP contribution in [0.4, 0.5) is 5.69 Å². The summed E-state index contributed by atoms with van der Waals surface area (Å²) in [6.45, 7) is 0.282. The molecular weight excluding hydrogens is 310 g/mol. The van der Waals surface area contributed by atoms with Gasteiger partial charge in [-0.1, -0.05) is 0 Å². The number of carbonyl (C=O) groups excluding carboxylic acids is 3. The SMILES string of the molecule is COc1ccc(N2C[C@H](C(=O)NCC(=O)NC3CC3)CC2=O)cc1. The van der Waals surface area contributed by atoms with E-state index in [-0.39, 0.29) is 36.7 Å². The fourth-order valence-corrected chi connectivity index (χ4v) is 2.71. The van der Waals surface area contributed by atoms with Crippen LogP contribution in [-0.4, -0.2) is 44.0 Å². The number of nitrogens with zero attached hydrogens (tertiary/aromatic N) is 1. The maximum Gasteiger partial charge on any atom is 0.239 e. The van der Waals surface area contributed by atoms with Crippen LogP contribution >= 0.6 is 0 Å². The lowest BCUT2D eigenvalue weighted by Crippen LogP contribution is -2.40. The number of carbonyl (C=O) groups is 3. The Balaban J connectivity index is 1.52. The zero-order valence-corrected chi connectivity index (χ0v) is 13.6. The summed E-state index contributed by atoms with van der Waals surface area (Å²) in [7, 11) is 1.58. The first-order valence-electron chi connectivity index (χ1n) is 8.08. The molecule has 24 heavy (non-hydrogen) atoms. The molecule has 1 aromatic rings. The second-order valence-corrected chi connectivity index (χ2v) is 6.16. The Kier molecular flexibility index (Phi) is 4.69. The van der Waals surface area contributed by atoms with Gasteiger partial charge in [0, 0.05) is 24.7 Å². The van der Waals surface area contributed by atoms with Crippen molar-refractivity contribution in [3.63, 3.8) is 0 Å². The van der Waals surface area contributed by atoms with E-state index in [4.69, 9.17) is 4.74 Å². The second kappa shape index (κ2) is 6.90. The van der Waals surface area contributed by atoms with Crippen LogP contribution in [0.25, 0.3) is 0 Å². The van der Waals surface area contributed by atoms with E-state index >= 15 is 0 Å². The summed E-state index contributed by atoms with van der Waals surface area (Å²) in [5.74, 6) is -0.259. The summed E-state index contributed by atoms with van der Waals surface area (Å²) < 4.78 is 5.10. The minimum Gasteiger partial charge on any atom is -0.497 e. The van der Waals surface area contributed by atoms with Gasteiger partial charge < -0.3 is 20.3 Å². The quantitative estimate of drug-likeness (QED) is 0.792. The van der Waals surface area contributed by atoms with Crippen molar-refractivity contribution in [2.45, 2.75) is 25.3 Å². The van der Waals surface area contributed by atoms with Gasteiger partial charge in [0.2, 0.25) is 17.7 Å². The molecule has 7 nitrogen and oxygen atoms in total. The Bertz CT molecular complexity index is 640. The van der Waals surface area contributed by atoms with Gasteiger partial charge in [-0.25, -0.2) is 0 Å². The number of ether oxygens (including phenoxy) is 1. The van der Waals surface area contributed by atoms with Gasteiger partial charge >= 0.3 is 0 Å². The molecule has 128 valence electrons. The fraction of sp³-hybridized carbons (Fsp3) is 0.471. The molecule has 1 atom stereocenters. The average Bonchev–Trinajstić information content (AvgIpc) is 3.31. The van der Waals surface area contributed by atoms with Crippen molar-refractivity contribution in [1.29, 1.82) is 0 Å². The minimum absolute atomic E-state index is 0.0391. The molecule has 3 rings (SSSR count). The van der Waals surface area contributed by atoms with E-state index in [1.54, 1.807) is 36.3 Å². The standard InChI is InChI=1S/C17H21N3O4/c1-24-14-6-4-13(5-7-14)20-10-11(8-16(20)22)17(23)18-9-15(21)19-12-2-3-12/h4-7,11-12H,2-3,8-10H2,1H3,(H,18,23)(H,19,21)/t11-/m1/s1. The molecule has 1 aliphatic heterocycles. The van der Waals surface area contributed by atoms with Crippen LogP contribution in [0.1, 0.15) is 19.3 Å². The molecule has 7 heteroatoms. The smallest absolute Gasteiger partial charge is 0.239 e. The zero-order valence-electron chi connectivity index (χ0n) is 13.6. The molecule has 0 bridgehead atoms. The van der Waals surface area contributed by atoms with Crippen molar-refractivity contribution in [3.05, 3.63) is 24.3 Å². The van der Waals surface area contributed by atoms with Crippen LogP contribution in [0.3, 0.4) is 0 Å². The van der Waals surface area contributed by atoms with Crippen molar-refractivity contribution in [3.8, 4) is 5.75 Å². The first kappa shape index (κ1) is 16.3. The Morgan fingerprint density at radius 3 is 2.58 bits per heavy atom. The normalized spacial score (nSPS) is 20.0. The molecule has 2 aliphatic rings. The molecule has 3 amide bonds. The van der Waals surface area contributed by atoms with Crippen molar-refractivity contribution in [2.24, 2.45) is 5.92 Å². The summed E-state index contributed by atoms with van der Waals surface area (Å²) in [5.41, 5.74) is 0.738. The number of nitrogens with one attached hydrogen (secondary N) is 2. The van der Waals surface area contributed by atoms with Gasteiger partial charge in [0.1, 0.15) is 5.75 Å². The first-order chi connectivity index (χ1) is 11.6. The summed E-state index contributed by atoms with van der Waals surface area (Å²) in [6.07, 6.45) is 2.17. The van der Waals surface area contributed by atoms with Crippen LogP contribution in [0.2, 0.25) is 0 Å². The molecule has 0 radical (unpaired) electrons. The van der Waals surface area contributed by atoms with Gasteiger partial charge in [-0.2, -0.15) is 0 Å². The van der Waals surface area contributed by atoms with E-state index in [1.807, 2.05) is 0 Å². The number of amides is 3. The number of rotatable bonds is 6. The van der Waals surface area contributed by atoms with Crippen LogP contribution < -0.4 is 20.3 Å². The highest BCUT2D eigenvalue weighted by molar-refractivity contribution is 6.00. The van der Waals surface area contributed by atoms with Gasteiger partial charge in [0.05, 0.1) is 19.6 Å². The molecule has 0 spiro atoms. The van der Waals surface area contributed by atoms with E-state index < -0.39 is 5.92 Å². The molecule has 1 heterocycles. The Hall–Kier alpha value is -2.57. The Labute approximate surface area is 140 Å². The zero-order chi connectivity index (χ0) is 17.1.